The predicted octanol–water partition coefficient (Wildman–Crippen LogP) is 6.64. The van der Waals surface area contributed by atoms with Gasteiger partial charge in [-0.3, -0.25) is 39.3 Å². The van der Waals surface area contributed by atoms with Gasteiger partial charge in [-0.1, -0.05) is 6.07 Å². The van der Waals surface area contributed by atoms with Gasteiger partial charge in [-0.15, -0.1) is 5.11 Å². The van der Waals surface area contributed by atoms with E-state index in [9.17, 15) is 44.5 Å². The lowest BCUT2D eigenvalue weighted by Gasteiger charge is -2.19. The molecule has 0 fully saturated rings. The van der Waals surface area contributed by atoms with Crippen LogP contribution in [-0.2, 0) is 6.54 Å². The Morgan fingerprint density at radius 3 is 1.96 bits per heavy atom. The Morgan fingerprint density at radius 2 is 1.33 bits per heavy atom. The van der Waals surface area contributed by atoms with Gasteiger partial charge in [0.15, 0.2) is 0 Å². The number of carbonyl (C=O) groups excluding carboxylic acids is 3. The maximum Gasteiger partial charge on any atom is 0.336 e. The topological polar surface area (TPSA) is 273 Å². The Balaban J connectivity index is 0.969. The maximum absolute atomic E-state index is 13.5. The molecule has 3 amide bonds. The van der Waals surface area contributed by atoms with E-state index in [1.54, 1.807) is 35.9 Å². The number of carbonyl (C=O) groups is 4. The molecule has 7 rings (SSSR count). The van der Waals surface area contributed by atoms with Crippen LogP contribution in [0.2, 0.25) is 0 Å². The van der Waals surface area contributed by atoms with Crippen LogP contribution in [0.15, 0.2) is 112 Å². The van der Waals surface area contributed by atoms with Crippen LogP contribution in [0.4, 0.5) is 28.4 Å². The molecule has 0 atom stereocenters. The van der Waals surface area contributed by atoms with E-state index in [-0.39, 0.29) is 42.9 Å². The summed E-state index contributed by atoms with van der Waals surface area (Å²) < 4.78 is 10.0. The third-order valence-electron chi connectivity index (χ3n) is 11.1. The highest BCUT2D eigenvalue weighted by Gasteiger charge is 2.25. The zero-order chi connectivity index (χ0) is 49.7. The van der Waals surface area contributed by atoms with Gasteiger partial charge in [0.2, 0.25) is 5.36 Å². The number of azo groups is 1. The number of aryl methyl sites for hydroxylation is 1. The summed E-state index contributed by atoms with van der Waals surface area (Å²) in [6, 6.07) is 25.0. The average molecular weight is 937 g/mol. The quantitative estimate of drug-likeness (QED) is 0.0198. The number of carboxylic acid groups (broad SMARTS) is 1. The second kappa shape index (κ2) is 20.2. The van der Waals surface area contributed by atoms with E-state index in [4.69, 9.17) is 4.42 Å². The van der Waals surface area contributed by atoms with Crippen molar-refractivity contribution in [1.29, 1.82) is 0 Å². The van der Waals surface area contributed by atoms with Gasteiger partial charge in [-0.05, 0) is 74.0 Å². The lowest BCUT2D eigenvalue weighted by Crippen LogP contribution is -2.34. The Morgan fingerprint density at radius 1 is 0.725 bits per heavy atom. The smallest absolute Gasteiger partial charge is 0.336 e. The number of nitrogens with one attached hydrogen (secondary N) is 3. The summed E-state index contributed by atoms with van der Waals surface area (Å²) in [5, 5.41) is 55.6. The standard InChI is InChI=1S/C48H45N11O10/c1-27-44(53-52-32-10-7-29(8-11-32)45(60)49-17-18-50-47(62)31-21-35(58(65)66)24-36(22-31)59(67)68)28(2)57(54-27)20-19-51-46(61)30-9-14-37(40(23-30)48(63)64)43-38-15-12-33(55(3)4)25-41(38)69-42-26-34(56(5)6)13-16-39(42)43/h7-16,21-26H,17-20H2,1-6H3,(H3-,49,50,51,60,61,62,63,64)/p+1. The number of hydrogen-bond acceptors (Lipinski definition) is 13. The molecule has 21 heteroatoms. The fourth-order valence-electron chi connectivity index (χ4n) is 7.50. The second-order valence-corrected chi connectivity index (χ2v) is 16.2. The van der Waals surface area contributed by atoms with E-state index < -0.39 is 44.9 Å². The highest BCUT2D eigenvalue weighted by atomic mass is 16.6. The minimum atomic E-state index is -1.19. The van der Waals surface area contributed by atoms with E-state index in [0.717, 1.165) is 40.2 Å². The number of amides is 3. The molecule has 352 valence electrons. The molecule has 2 heterocycles. The van der Waals surface area contributed by atoms with Gasteiger partial charge in [0, 0.05) is 91.3 Å². The summed E-state index contributed by atoms with van der Waals surface area (Å²) in [7, 11) is 7.70. The number of carboxylic acids is 1. The highest BCUT2D eigenvalue weighted by Crippen LogP contribution is 2.42. The van der Waals surface area contributed by atoms with E-state index in [1.807, 2.05) is 81.0 Å². The van der Waals surface area contributed by atoms with Crippen LogP contribution >= 0.6 is 0 Å². The van der Waals surface area contributed by atoms with Crippen molar-refractivity contribution in [3.05, 3.63) is 156 Å². The SMILES string of the molecule is Cc1nn(CCNC(=O)c2ccc(-c3c4ccc(=[N+](C)C)cc-4oc4cc(N(C)C)ccc34)c(C(=O)O)c2)c(C)c1N=Nc1ccc(C(=O)NCCNC(=O)c2cc([N+](=O)[O-])cc([N+](=O)[O-])c2)cc1. The van der Waals surface area contributed by atoms with E-state index in [1.165, 1.54) is 18.2 Å². The van der Waals surface area contributed by atoms with Crippen LogP contribution in [-0.4, -0.2) is 96.2 Å². The molecule has 2 aliphatic rings. The van der Waals surface area contributed by atoms with Crippen LogP contribution in [0.1, 0.15) is 52.8 Å². The molecule has 0 radical (unpaired) electrons. The lowest BCUT2D eigenvalue weighted by molar-refractivity contribution is -0.394. The molecule has 0 spiro atoms. The molecular formula is C48H46N11O10+. The summed E-state index contributed by atoms with van der Waals surface area (Å²) in [4.78, 5) is 74.2. The van der Waals surface area contributed by atoms with E-state index in [2.05, 4.69) is 31.3 Å². The van der Waals surface area contributed by atoms with Gasteiger partial charge < -0.3 is 30.4 Å². The number of anilines is 1. The van der Waals surface area contributed by atoms with Gasteiger partial charge in [-0.2, -0.15) is 10.2 Å². The van der Waals surface area contributed by atoms with Gasteiger partial charge in [0.25, 0.3) is 29.1 Å². The van der Waals surface area contributed by atoms with E-state index >= 15 is 0 Å². The monoisotopic (exact) mass is 936 g/mol. The first kappa shape index (κ1) is 47.8. The molecule has 5 aromatic rings. The fraction of sp³-hybridized carbons (Fsp3) is 0.208. The first-order valence-corrected chi connectivity index (χ1v) is 21.3. The minimum Gasteiger partial charge on any atom is -0.478 e. The highest BCUT2D eigenvalue weighted by molar-refractivity contribution is 6.09. The largest absolute Gasteiger partial charge is 0.478 e. The Kier molecular flexibility index (Phi) is 14.0. The van der Waals surface area contributed by atoms with E-state index in [0.29, 0.717) is 50.8 Å². The number of nitro groups is 2. The number of aromatic carboxylic acids is 1. The number of non-ortho nitro benzene ring substituents is 2. The average Bonchev–Trinajstić information content (AvgIpc) is 3.60. The van der Waals surface area contributed by atoms with Crippen molar-refractivity contribution in [2.75, 3.05) is 52.7 Å². The van der Waals surface area contributed by atoms with Crippen molar-refractivity contribution in [3.8, 4) is 22.5 Å². The first-order valence-electron chi connectivity index (χ1n) is 21.3. The molecule has 21 nitrogen and oxygen atoms in total. The fourth-order valence-corrected chi connectivity index (χ4v) is 7.50. The van der Waals surface area contributed by atoms with Crippen molar-refractivity contribution < 1.29 is 38.5 Å². The Bertz CT molecular complexity index is 3250. The van der Waals surface area contributed by atoms with Gasteiger partial charge >= 0.3 is 5.97 Å². The molecule has 0 bridgehead atoms. The second-order valence-electron chi connectivity index (χ2n) is 16.2. The Labute approximate surface area is 393 Å². The number of nitro benzene ring substituents is 2. The van der Waals surface area contributed by atoms with Crippen molar-refractivity contribution in [1.82, 2.24) is 30.3 Å². The zero-order valence-corrected chi connectivity index (χ0v) is 38.3. The van der Waals surface area contributed by atoms with Crippen LogP contribution < -0.4 is 30.8 Å². The maximum atomic E-state index is 13.5. The number of aromatic nitrogens is 2. The summed E-state index contributed by atoms with van der Waals surface area (Å²) in [6.45, 7) is 3.95. The van der Waals surface area contributed by atoms with Gasteiger partial charge in [0.05, 0.1) is 56.7 Å². The summed E-state index contributed by atoms with van der Waals surface area (Å²) in [5.74, 6) is -2.32. The molecular weight excluding hydrogens is 891 g/mol. The molecule has 1 aliphatic carbocycles. The molecule has 4 N–H and O–H groups in total. The summed E-state index contributed by atoms with van der Waals surface area (Å²) >= 11 is 0. The molecule has 0 saturated heterocycles. The normalized spacial score (nSPS) is 11.2. The zero-order valence-electron chi connectivity index (χ0n) is 38.3. The number of rotatable bonds is 16. The van der Waals surface area contributed by atoms with Crippen molar-refractivity contribution in [2.45, 2.75) is 20.4 Å². The predicted molar refractivity (Wildman–Crippen MR) is 256 cm³/mol. The Hall–Kier alpha value is -9.14. The van der Waals surface area contributed by atoms with Gasteiger partial charge in [0.1, 0.15) is 31.1 Å². The van der Waals surface area contributed by atoms with Crippen LogP contribution in [0.25, 0.3) is 33.4 Å². The molecule has 1 aromatic heterocycles. The molecule has 4 aromatic carbocycles. The number of hydrogen-bond donors (Lipinski definition) is 4. The molecule has 0 saturated carbocycles. The van der Waals surface area contributed by atoms with Crippen molar-refractivity contribution in [2.24, 2.45) is 10.2 Å². The third kappa shape index (κ3) is 10.6. The number of fused-ring (bicyclic) bond motifs is 2. The molecule has 69 heavy (non-hydrogen) atoms. The number of nitrogens with zero attached hydrogens (tertiary/aromatic N) is 8. The van der Waals surface area contributed by atoms with Crippen LogP contribution in [0, 0.1) is 34.1 Å². The van der Waals surface area contributed by atoms with Crippen molar-refractivity contribution >= 4 is 63.1 Å². The minimum absolute atomic E-state index is 0.00733. The number of benzene rings is 5. The third-order valence-corrected chi connectivity index (χ3v) is 11.1. The van der Waals surface area contributed by atoms with Gasteiger partial charge in [-0.25, -0.2) is 9.37 Å². The summed E-state index contributed by atoms with van der Waals surface area (Å²) in [5.41, 5.74) is 4.47. The van der Waals surface area contributed by atoms with Crippen LogP contribution in [0.3, 0.4) is 0 Å². The van der Waals surface area contributed by atoms with Crippen molar-refractivity contribution in [3.63, 3.8) is 0 Å². The molecule has 1 aliphatic heterocycles. The first-order chi connectivity index (χ1) is 32.9. The molecule has 0 unspecified atom stereocenters. The summed E-state index contributed by atoms with van der Waals surface area (Å²) in [6.07, 6.45) is 0. The lowest BCUT2D eigenvalue weighted by atomic mass is 9.89. The van der Waals surface area contributed by atoms with Crippen LogP contribution in [0.5, 0.6) is 0 Å².